The predicted octanol–water partition coefficient (Wildman–Crippen LogP) is 2.10. The standard InChI is InChI=1S/C9H8BrN3OS/c10-8-2-1-7(15-8)6-5-13(4-3-11)9(14)12-6/h1-2,6H,4-5H2,(H,12,14). The maximum Gasteiger partial charge on any atom is 0.318 e. The van der Waals surface area contributed by atoms with E-state index < -0.39 is 0 Å². The number of carbonyl (C=O) groups excluding carboxylic acids is 1. The summed E-state index contributed by atoms with van der Waals surface area (Å²) < 4.78 is 1.05. The number of hydrogen-bond acceptors (Lipinski definition) is 3. The van der Waals surface area contributed by atoms with Gasteiger partial charge in [-0.25, -0.2) is 4.79 Å². The Hall–Kier alpha value is -1.06. The third-order valence-corrected chi connectivity index (χ3v) is 3.92. The zero-order valence-electron chi connectivity index (χ0n) is 7.74. The zero-order valence-corrected chi connectivity index (χ0v) is 10.1. The molecule has 15 heavy (non-hydrogen) atoms. The topological polar surface area (TPSA) is 56.1 Å². The largest absolute Gasteiger partial charge is 0.329 e. The second kappa shape index (κ2) is 4.21. The number of nitrogens with one attached hydrogen (secondary N) is 1. The molecule has 1 saturated heterocycles. The van der Waals surface area contributed by atoms with Gasteiger partial charge in [0.25, 0.3) is 0 Å². The lowest BCUT2D eigenvalue weighted by Gasteiger charge is -2.08. The number of urea groups is 1. The van der Waals surface area contributed by atoms with Gasteiger partial charge in [0, 0.05) is 11.4 Å². The molecule has 1 atom stereocenters. The average molecular weight is 286 g/mol. The molecule has 1 aromatic rings. The summed E-state index contributed by atoms with van der Waals surface area (Å²) in [6.45, 7) is 0.716. The van der Waals surface area contributed by atoms with Gasteiger partial charge in [-0.2, -0.15) is 5.26 Å². The molecule has 0 saturated carbocycles. The lowest BCUT2D eigenvalue weighted by atomic mass is 10.2. The second-order valence-electron chi connectivity index (χ2n) is 3.18. The van der Waals surface area contributed by atoms with Crippen LogP contribution in [0.5, 0.6) is 0 Å². The Bertz CT molecular complexity index is 425. The predicted molar refractivity (Wildman–Crippen MR) is 60.5 cm³/mol. The Morgan fingerprint density at radius 3 is 3.13 bits per heavy atom. The van der Waals surface area contributed by atoms with E-state index in [4.69, 9.17) is 5.26 Å². The van der Waals surface area contributed by atoms with Crippen molar-refractivity contribution in [3.63, 3.8) is 0 Å². The molecule has 2 amide bonds. The first-order valence-corrected chi connectivity index (χ1v) is 5.99. The molecule has 1 fully saturated rings. The Balaban J connectivity index is 2.09. The molecule has 6 heteroatoms. The van der Waals surface area contributed by atoms with Gasteiger partial charge in [0.1, 0.15) is 6.54 Å². The summed E-state index contributed by atoms with van der Waals surface area (Å²) in [7, 11) is 0. The van der Waals surface area contributed by atoms with Crippen LogP contribution in [0, 0.1) is 11.3 Å². The van der Waals surface area contributed by atoms with Gasteiger partial charge in [-0.05, 0) is 28.1 Å². The summed E-state index contributed by atoms with van der Waals surface area (Å²) in [5, 5.41) is 11.4. The fourth-order valence-corrected chi connectivity index (χ4v) is 2.95. The van der Waals surface area contributed by atoms with Gasteiger partial charge < -0.3 is 10.2 Å². The summed E-state index contributed by atoms with van der Waals surface area (Å²) in [6, 6.07) is 5.77. The highest BCUT2D eigenvalue weighted by atomic mass is 79.9. The molecule has 1 aliphatic rings. The van der Waals surface area contributed by atoms with Crippen LogP contribution in [0.3, 0.4) is 0 Å². The van der Waals surface area contributed by atoms with Crippen molar-refractivity contribution < 1.29 is 4.79 Å². The molecule has 2 heterocycles. The fourth-order valence-electron chi connectivity index (χ4n) is 1.49. The van der Waals surface area contributed by atoms with Crippen LogP contribution in [-0.4, -0.2) is 24.0 Å². The van der Waals surface area contributed by atoms with E-state index in [1.54, 1.807) is 11.3 Å². The molecule has 0 bridgehead atoms. The van der Waals surface area contributed by atoms with Gasteiger partial charge in [-0.3, -0.25) is 0 Å². The van der Waals surface area contributed by atoms with Crippen LogP contribution in [-0.2, 0) is 0 Å². The van der Waals surface area contributed by atoms with Crippen molar-refractivity contribution in [2.75, 3.05) is 13.1 Å². The van der Waals surface area contributed by atoms with E-state index in [0.717, 1.165) is 8.66 Å². The van der Waals surface area contributed by atoms with Gasteiger partial charge in [0.2, 0.25) is 0 Å². The molecule has 2 rings (SSSR count). The minimum atomic E-state index is -0.161. The minimum absolute atomic E-state index is 0.0159. The lowest BCUT2D eigenvalue weighted by Crippen LogP contribution is -2.28. The Kier molecular flexibility index (Phi) is 2.93. The highest BCUT2D eigenvalue weighted by Crippen LogP contribution is 2.29. The van der Waals surface area contributed by atoms with Gasteiger partial charge in [0.05, 0.1) is 15.9 Å². The van der Waals surface area contributed by atoms with Gasteiger partial charge in [-0.1, -0.05) is 0 Å². The number of nitriles is 1. The third kappa shape index (κ3) is 2.13. The average Bonchev–Trinajstić information content (AvgIpc) is 2.75. The zero-order chi connectivity index (χ0) is 10.8. The van der Waals surface area contributed by atoms with Gasteiger partial charge in [-0.15, -0.1) is 11.3 Å². The first-order valence-electron chi connectivity index (χ1n) is 4.38. The number of carbonyl (C=O) groups is 1. The molecule has 1 aromatic heterocycles. The quantitative estimate of drug-likeness (QED) is 0.846. The number of halogens is 1. The van der Waals surface area contributed by atoms with Crippen molar-refractivity contribution in [3.05, 3.63) is 20.8 Å². The molecule has 1 unspecified atom stereocenters. The van der Waals surface area contributed by atoms with Gasteiger partial charge in [0.15, 0.2) is 0 Å². The highest BCUT2D eigenvalue weighted by molar-refractivity contribution is 9.11. The number of amides is 2. The van der Waals surface area contributed by atoms with Crippen LogP contribution < -0.4 is 5.32 Å². The van der Waals surface area contributed by atoms with E-state index in [1.165, 1.54) is 4.90 Å². The van der Waals surface area contributed by atoms with E-state index >= 15 is 0 Å². The van der Waals surface area contributed by atoms with Crippen molar-refractivity contribution >= 4 is 33.3 Å². The monoisotopic (exact) mass is 285 g/mol. The fraction of sp³-hybridized carbons (Fsp3) is 0.333. The second-order valence-corrected chi connectivity index (χ2v) is 5.68. The summed E-state index contributed by atoms with van der Waals surface area (Å²) >= 11 is 4.98. The smallest absolute Gasteiger partial charge is 0.318 e. The normalized spacial score (nSPS) is 20.1. The van der Waals surface area contributed by atoms with E-state index in [0.29, 0.717) is 6.54 Å². The van der Waals surface area contributed by atoms with Crippen molar-refractivity contribution in [2.24, 2.45) is 0 Å². The first-order chi connectivity index (χ1) is 7.20. The molecule has 0 spiro atoms. The van der Waals surface area contributed by atoms with Crippen molar-refractivity contribution in [1.82, 2.24) is 10.2 Å². The number of hydrogen-bond donors (Lipinski definition) is 1. The van der Waals surface area contributed by atoms with Crippen LogP contribution in [0.15, 0.2) is 15.9 Å². The summed E-state index contributed by atoms with van der Waals surface area (Å²) in [6.07, 6.45) is 0. The van der Waals surface area contributed by atoms with Crippen molar-refractivity contribution in [2.45, 2.75) is 6.04 Å². The molecule has 1 aliphatic heterocycles. The van der Waals surface area contributed by atoms with E-state index in [9.17, 15) is 4.79 Å². The van der Waals surface area contributed by atoms with E-state index in [1.807, 2.05) is 18.2 Å². The number of nitrogens with zero attached hydrogens (tertiary/aromatic N) is 2. The highest BCUT2D eigenvalue weighted by Gasteiger charge is 2.30. The molecule has 4 nitrogen and oxygen atoms in total. The van der Waals surface area contributed by atoms with E-state index in [-0.39, 0.29) is 18.6 Å². The van der Waals surface area contributed by atoms with Crippen LogP contribution in [0.25, 0.3) is 0 Å². The van der Waals surface area contributed by atoms with Gasteiger partial charge >= 0.3 is 6.03 Å². The van der Waals surface area contributed by atoms with Crippen molar-refractivity contribution in [3.8, 4) is 6.07 Å². The van der Waals surface area contributed by atoms with Crippen LogP contribution in [0.2, 0.25) is 0 Å². The molecular weight excluding hydrogens is 278 g/mol. The lowest BCUT2D eigenvalue weighted by molar-refractivity contribution is 0.222. The van der Waals surface area contributed by atoms with Crippen molar-refractivity contribution in [1.29, 1.82) is 5.26 Å². The van der Waals surface area contributed by atoms with Crippen LogP contribution in [0.4, 0.5) is 4.79 Å². The first kappa shape index (κ1) is 10.5. The van der Waals surface area contributed by atoms with E-state index in [2.05, 4.69) is 21.2 Å². The molecule has 78 valence electrons. The molecule has 1 N–H and O–H groups in total. The van der Waals surface area contributed by atoms with Crippen LogP contribution in [0.1, 0.15) is 10.9 Å². The molecule has 0 aliphatic carbocycles. The third-order valence-electron chi connectivity index (χ3n) is 2.19. The molecular formula is C9H8BrN3OS. The number of rotatable bonds is 2. The maximum absolute atomic E-state index is 11.4. The Morgan fingerprint density at radius 1 is 1.73 bits per heavy atom. The van der Waals surface area contributed by atoms with Crippen LogP contribution >= 0.6 is 27.3 Å². The summed E-state index contributed by atoms with van der Waals surface area (Å²) in [5.41, 5.74) is 0. The molecule has 0 aromatic carbocycles. The molecule has 0 radical (unpaired) electrons. The SMILES string of the molecule is N#CCN1CC(c2ccc(Br)s2)NC1=O. The minimum Gasteiger partial charge on any atom is -0.329 e. The Labute approximate surface area is 99.6 Å². The summed E-state index contributed by atoms with van der Waals surface area (Å²) in [4.78, 5) is 14.0. The maximum atomic E-state index is 11.4. The number of thiophene rings is 1. The Morgan fingerprint density at radius 2 is 2.53 bits per heavy atom. The summed E-state index contributed by atoms with van der Waals surface area (Å²) in [5.74, 6) is 0.